The fraction of sp³-hybridized carbons (Fsp3) is 1.00. The molecule has 0 fully saturated rings. The third-order valence-corrected chi connectivity index (χ3v) is 6.96. The van der Waals surface area contributed by atoms with Gasteiger partial charge in [-0.3, -0.25) is 0 Å². The van der Waals surface area contributed by atoms with Crippen molar-refractivity contribution in [2.45, 2.75) is 29.5 Å². The van der Waals surface area contributed by atoms with Gasteiger partial charge in [0.05, 0.1) is 0 Å². The molecule has 8 heavy (non-hydrogen) atoms. The van der Waals surface area contributed by atoms with Crippen LogP contribution in [0.3, 0.4) is 0 Å². The van der Waals surface area contributed by atoms with E-state index in [4.69, 9.17) is 5.73 Å². The fourth-order valence-corrected chi connectivity index (χ4v) is 3.75. The van der Waals surface area contributed by atoms with Gasteiger partial charge in [0.15, 0.2) is 0 Å². The van der Waals surface area contributed by atoms with Gasteiger partial charge >= 0.3 is 56.4 Å². The van der Waals surface area contributed by atoms with Gasteiger partial charge < -0.3 is 0 Å². The molecule has 0 aliphatic heterocycles. The molecule has 2 heteroatoms. The minimum absolute atomic E-state index is 0.377. The van der Waals surface area contributed by atoms with Crippen LogP contribution in [0.2, 0.25) is 15.6 Å². The molecule has 0 atom stereocenters. The normalized spacial score (nSPS) is 10.5. The van der Waals surface area contributed by atoms with Crippen LogP contribution in [0.4, 0.5) is 0 Å². The van der Waals surface area contributed by atoms with Crippen molar-refractivity contribution >= 4 is 14.7 Å². The average molecular weight is 177 g/mol. The van der Waals surface area contributed by atoms with Crippen molar-refractivity contribution in [1.82, 2.24) is 0 Å². The van der Waals surface area contributed by atoms with Crippen molar-refractivity contribution in [3.63, 3.8) is 0 Å². The van der Waals surface area contributed by atoms with Gasteiger partial charge in [-0.2, -0.15) is 0 Å². The van der Waals surface area contributed by atoms with Crippen molar-refractivity contribution in [3.8, 4) is 0 Å². The Balaban J connectivity index is 3.07. The van der Waals surface area contributed by atoms with Crippen LogP contribution >= 0.6 is 0 Å². The Labute approximate surface area is 56.9 Å². The summed E-state index contributed by atoms with van der Waals surface area (Å²) in [5.41, 5.74) is 5.42. The molecule has 2 N–H and O–H groups in total. The summed E-state index contributed by atoms with van der Waals surface area (Å²) in [5, 5.41) is 4.21. The van der Waals surface area contributed by atoms with Gasteiger partial charge in [-0.15, -0.1) is 0 Å². The van der Waals surface area contributed by atoms with Crippen molar-refractivity contribution < 1.29 is 0 Å². The van der Waals surface area contributed by atoms with E-state index >= 15 is 0 Å². The van der Waals surface area contributed by atoms with Gasteiger partial charge in [0.1, 0.15) is 0 Å². The van der Waals surface area contributed by atoms with Crippen LogP contribution in [0, 0.1) is 0 Å². The summed E-state index contributed by atoms with van der Waals surface area (Å²) >= 11 is -0.377. The molecule has 50 valence electrons. The second-order valence-electron chi connectivity index (χ2n) is 1.82. The number of hydrogen-bond donors (Lipinski definition) is 1. The van der Waals surface area contributed by atoms with Crippen LogP contribution < -0.4 is 5.73 Å². The summed E-state index contributed by atoms with van der Waals surface area (Å²) in [6.07, 6.45) is 0. The Morgan fingerprint density at radius 2 is 1.75 bits per heavy atom. The zero-order valence-electron chi connectivity index (χ0n) is 5.85. The molecule has 0 aromatic rings. The third-order valence-electron chi connectivity index (χ3n) is 1.34. The van der Waals surface area contributed by atoms with E-state index < -0.39 is 0 Å². The third kappa shape index (κ3) is 3.51. The molecule has 0 unspecified atom stereocenters. The van der Waals surface area contributed by atoms with Crippen LogP contribution in [0.1, 0.15) is 13.8 Å². The topological polar surface area (TPSA) is 26.0 Å². The monoisotopic (exact) mass is 177 g/mol. The van der Waals surface area contributed by atoms with E-state index in [0.29, 0.717) is 0 Å². The molecule has 0 radical (unpaired) electrons. The Hall–Kier alpha value is 0.518. The first-order valence-corrected chi connectivity index (χ1v) is 7.25. The number of nitrogens with two attached hydrogens (primary N) is 1. The van der Waals surface area contributed by atoms with E-state index in [2.05, 4.69) is 13.8 Å². The Morgan fingerprint density at radius 3 is 1.88 bits per heavy atom. The van der Waals surface area contributed by atoms with Crippen LogP contribution in [0.25, 0.3) is 0 Å². The van der Waals surface area contributed by atoms with Crippen molar-refractivity contribution in [2.24, 2.45) is 5.73 Å². The summed E-state index contributed by atoms with van der Waals surface area (Å²) < 4.78 is 0. The molecule has 0 aliphatic carbocycles. The molecule has 0 saturated heterocycles. The first kappa shape index (κ1) is 8.52. The zero-order valence-corrected chi connectivity index (χ0v) is 7.73. The molecular formula is C6H16AsN. The van der Waals surface area contributed by atoms with Gasteiger partial charge in [-0.05, 0) is 0 Å². The van der Waals surface area contributed by atoms with Gasteiger partial charge in [0, 0.05) is 0 Å². The molecule has 0 aromatic carbocycles. The van der Waals surface area contributed by atoms with E-state index in [0.717, 1.165) is 6.54 Å². The standard InChI is InChI=1S/C6H16AsN/c1-3-7(4-2)5-6-8/h3-6,8H2,1-2H3. The molecule has 0 amide bonds. The zero-order chi connectivity index (χ0) is 6.41. The quantitative estimate of drug-likeness (QED) is 0.646. The molecule has 0 heterocycles. The van der Waals surface area contributed by atoms with E-state index in [1.165, 1.54) is 15.6 Å². The second kappa shape index (κ2) is 5.65. The summed E-state index contributed by atoms with van der Waals surface area (Å²) in [6.45, 7) is 5.50. The summed E-state index contributed by atoms with van der Waals surface area (Å²) in [7, 11) is 0. The van der Waals surface area contributed by atoms with E-state index in [1.807, 2.05) is 0 Å². The maximum absolute atomic E-state index is 5.42. The number of hydrogen-bond acceptors (Lipinski definition) is 1. The molecule has 0 bridgehead atoms. The summed E-state index contributed by atoms with van der Waals surface area (Å²) in [5.74, 6) is 0. The molecule has 1 nitrogen and oxygen atoms in total. The minimum atomic E-state index is -0.377. The fourth-order valence-electron chi connectivity index (χ4n) is 0.722. The predicted molar refractivity (Wildman–Crippen MR) is 40.6 cm³/mol. The van der Waals surface area contributed by atoms with Crippen LogP contribution in [-0.2, 0) is 0 Å². The van der Waals surface area contributed by atoms with Crippen LogP contribution in [0.15, 0.2) is 0 Å². The Morgan fingerprint density at radius 1 is 1.25 bits per heavy atom. The average Bonchev–Trinajstić information content (AvgIpc) is 1.83. The summed E-state index contributed by atoms with van der Waals surface area (Å²) in [4.78, 5) is 0. The molecule has 0 aromatic heterocycles. The van der Waals surface area contributed by atoms with Crippen molar-refractivity contribution in [1.29, 1.82) is 0 Å². The summed E-state index contributed by atoms with van der Waals surface area (Å²) in [6, 6.07) is 0. The van der Waals surface area contributed by atoms with Gasteiger partial charge in [0.2, 0.25) is 0 Å². The molecule has 0 spiro atoms. The first-order valence-electron chi connectivity index (χ1n) is 3.27. The molecule has 0 saturated carbocycles. The van der Waals surface area contributed by atoms with Crippen molar-refractivity contribution in [3.05, 3.63) is 0 Å². The molecule has 0 rings (SSSR count). The maximum atomic E-state index is 5.42. The van der Waals surface area contributed by atoms with Crippen LogP contribution in [0.5, 0.6) is 0 Å². The molecular weight excluding hydrogens is 161 g/mol. The van der Waals surface area contributed by atoms with E-state index in [-0.39, 0.29) is 14.7 Å². The van der Waals surface area contributed by atoms with Gasteiger partial charge in [-0.25, -0.2) is 0 Å². The predicted octanol–water partition coefficient (Wildman–Crippen LogP) is 1.48. The van der Waals surface area contributed by atoms with E-state index in [1.54, 1.807) is 0 Å². The first-order chi connectivity index (χ1) is 3.85. The Kier molecular flexibility index (Phi) is 6.02. The van der Waals surface area contributed by atoms with Crippen LogP contribution in [-0.4, -0.2) is 21.2 Å². The molecule has 0 aliphatic rings. The number of rotatable bonds is 4. The van der Waals surface area contributed by atoms with Gasteiger partial charge in [0.25, 0.3) is 0 Å². The van der Waals surface area contributed by atoms with Gasteiger partial charge in [-0.1, -0.05) is 0 Å². The SMILES string of the molecule is CC[As](CC)CCN. The van der Waals surface area contributed by atoms with E-state index in [9.17, 15) is 0 Å². The Bertz CT molecular complexity index is 43.8. The van der Waals surface area contributed by atoms with Crippen molar-refractivity contribution in [2.75, 3.05) is 6.54 Å². The second-order valence-corrected chi connectivity index (χ2v) is 8.22.